The molecule has 94 valence electrons. The second-order valence-corrected chi connectivity index (χ2v) is 3.75. The summed E-state index contributed by atoms with van der Waals surface area (Å²) in [5, 5.41) is 19.2. The van der Waals surface area contributed by atoms with Gasteiger partial charge >= 0.3 is 5.97 Å². The van der Waals surface area contributed by atoms with E-state index in [4.69, 9.17) is 5.73 Å². The van der Waals surface area contributed by atoms with Gasteiger partial charge in [0.05, 0.1) is 19.6 Å². The van der Waals surface area contributed by atoms with Crippen molar-refractivity contribution in [2.45, 2.75) is 18.6 Å². The Morgan fingerprint density at radius 2 is 2.18 bits per heavy atom. The van der Waals surface area contributed by atoms with Crippen molar-refractivity contribution < 1.29 is 19.7 Å². The highest BCUT2D eigenvalue weighted by molar-refractivity contribution is 5.72. The fourth-order valence-corrected chi connectivity index (χ4v) is 1.48. The number of carbonyl (C=O) groups is 1. The topological polar surface area (TPSA) is 92.8 Å². The maximum Gasteiger partial charge on any atom is 0.309 e. The molecule has 0 amide bonds. The number of aliphatic hydroxyl groups is 2. The third-order valence-corrected chi connectivity index (χ3v) is 2.47. The zero-order valence-electron chi connectivity index (χ0n) is 9.67. The molecule has 0 bridgehead atoms. The summed E-state index contributed by atoms with van der Waals surface area (Å²) in [6, 6.07) is 6.78. The summed E-state index contributed by atoms with van der Waals surface area (Å²) in [6.45, 7) is -0.0254. The van der Waals surface area contributed by atoms with E-state index >= 15 is 0 Å². The van der Waals surface area contributed by atoms with Crippen LogP contribution in [0.2, 0.25) is 0 Å². The van der Waals surface area contributed by atoms with Crippen LogP contribution in [0.4, 0.5) is 0 Å². The first-order valence-electron chi connectivity index (χ1n) is 5.30. The van der Waals surface area contributed by atoms with Crippen molar-refractivity contribution in [3.05, 3.63) is 35.4 Å². The van der Waals surface area contributed by atoms with Gasteiger partial charge in [-0.25, -0.2) is 0 Å². The van der Waals surface area contributed by atoms with E-state index in [2.05, 4.69) is 4.74 Å². The maximum atomic E-state index is 11.1. The number of aliphatic hydroxyl groups excluding tert-OH is 2. The first-order chi connectivity index (χ1) is 8.08. The number of nitrogens with two attached hydrogens (primary N) is 1. The van der Waals surface area contributed by atoms with Crippen molar-refractivity contribution in [1.82, 2.24) is 0 Å². The number of esters is 1. The van der Waals surface area contributed by atoms with Crippen molar-refractivity contribution >= 4 is 5.97 Å². The second kappa shape index (κ2) is 6.34. The van der Waals surface area contributed by atoms with Crippen LogP contribution in [-0.4, -0.2) is 35.9 Å². The molecule has 1 rings (SSSR count). The monoisotopic (exact) mass is 239 g/mol. The lowest BCUT2D eigenvalue weighted by molar-refractivity contribution is -0.139. The molecule has 0 aliphatic heterocycles. The van der Waals surface area contributed by atoms with Crippen LogP contribution in [0.1, 0.15) is 17.2 Å². The van der Waals surface area contributed by atoms with Gasteiger partial charge in [0.1, 0.15) is 6.10 Å². The van der Waals surface area contributed by atoms with Crippen LogP contribution >= 0.6 is 0 Å². The molecule has 0 fully saturated rings. The van der Waals surface area contributed by atoms with E-state index in [0.29, 0.717) is 5.56 Å². The molecule has 1 aromatic rings. The predicted octanol–water partition coefficient (Wildman–Crippen LogP) is -0.245. The largest absolute Gasteiger partial charge is 0.469 e. The highest BCUT2D eigenvalue weighted by Crippen LogP contribution is 2.18. The lowest BCUT2D eigenvalue weighted by Crippen LogP contribution is -2.27. The zero-order valence-corrected chi connectivity index (χ0v) is 9.67. The SMILES string of the molecule is COC(=O)Cc1cccc(C(O)C(O)CN)c1. The number of benzene rings is 1. The van der Waals surface area contributed by atoms with Gasteiger partial charge in [-0.2, -0.15) is 0 Å². The summed E-state index contributed by atoms with van der Waals surface area (Å²) in [5.74, 6) is -0.351. The number of rotatable bonds is 5. The Morgan fingerprint density at radius 1 is 1.47 bits per heavy atom. The summed E-state index contributed by atoms with van der Waals surface area (Å²) in [7, 11) is 1.32. The number of ether oxygens (including phenoxy) is 1. The Balaban J connectivity index is 2.81. The molecular weight excluding hydrogens is 222 g/mol. The zero-order chi connectivity index (χ0) is 12.8. The smallest absolute Gasteiger partial charge is 0.309 e. The highest BCUT2D eigenvalue weighted by Gasteiger charge is 2.17. The molecule has 5 nitrogen and oxygen atoms in total. The van der Waals surface area contributed by atoms with Crippen molar-refractivity contribution in [2.75, 3.05) is 13.7 Å². The fourth-order valence-electron chi connectivity index (χ4n) is 1.48. The molecule has 0 heterocycles. The summed E-state index contributed by atoms with van der Waals surface area (Å²) >= 11 is 0. The minimum Gasteiger partial charge on any atom is -0.469 e. The standard InChI is InChI=1S/C12H17NO4/c1-17-11(15)6-8-3-2-4-9(5-8)12(16)10(14)7-13/h2-5,10,12,14,16H,6-7,13H2,1H3. The van der Waals surface area contributed by atoms with Gasteiger partial charge in [0.2, 0.25) is 0 Å². The number of hydrogen-bond acceptors (Lipinski definition) is 5. The van der Waals surface area contributed by atoms with Crippen LogP contribution in [0.15, 0.2) is 24.3 Å². The molecule has 0 aliphatic rings. The average Bonchev–Trinajstić information content (AvgIpc) is 2.37. The number of carbonyl (C=O) groups excluding carboxylic acids is 1. The Morgan fingerprint density at radius 3 is 2.76 bits per heavy atom. The van der Waals surface area contributed by atoms with Gasteiger partial charge in [-0.3, -0.25) is 4.79 Å². The van der Waals surface area contributed by atoms with E-state index in [1.165, 1.54) is 7.11 Å². The number of hydrogen-bond donors (Lipinski definition) is 3. The lowest BCUT2D eigenvalue weighted by atomic mass is 10.0. The highest BCUT2D eigenvalue weighted by atomic mass is 16.5. The van der Waals surface area contributed by atoms with Gasteiger partial charge in [0.25, 0.3) is 0 Å². The van der Waals surface area contributed by atoms with E-state index in [0.717, 1.165) is 5.56 Å². The molecule has 1 aromatic carbocycles. The Hall–Kier alpha value is -1.43. The van der Waals surface area contributed by atoms with Crippen LogP contribution in [0.5, 0.6) is 0 Å². The maximum absolute atomic E-state index is 11.1. The van der Waals surface area contributed by atoms with Gasteiger partial charge in [-0.15, -0.1) is 0 Å². The molecule has 5 heteroatoms. The molecule has 0 aliphatic carbocycles. The first-order valence-corrected chi connectivity index (χ1v) is 5.30. The third kappa shape index (κ3) is 3.81. The molecular formula is C12H17NO4. The summed E-state index contributed by atoms with van der Waals surface area (Å²) in [6.07, 6.45) is -1.92. The summed E-state index contributed by atoms with van der Waals surface area (Å²) in [4.78, 5) is 11.1. The first kappa shape index (κ1) is 13.6. The van der Waals surface area contributed by atoms with E-state index in [9.17, 15) is 15.0 Å². The van der Waals surface area contributed by atoms with Gasteiger partial charge in [-0.05, 0) is 11.1 Å². The third-order valence-electron chi connectivity index (χ3n) is 2.47. The molecule has 2 unspecified atom stereocenters. The Kier molecular flexibility index (Phi) is 5.09. The van der Waals surface area contributed by atoms with E-state index in [1.54, 1.807) is 24.3 Å². The van der Waals surface area contributed by atoms with Gasteiger partial charge in [0.15, 0.2) is 0 Å². The van der Waals surface area contributed by atoms with Gasteiger partial charge in [0, 0.05) is 6.54 Å². The normalized spacial score (nSPS) is 14.1. The molecule has 0 spiro atoms. The molecule has 0 saturated heterocycles. The number of methoxy groups -OCH3 is 1. The molecule has 2 atom stereocenters. The summed E-state index contributed by atoms with van der Waals surface area (Å²) in [5.41, 5.74) is 6.52. The van der Waals surface area contributed by atoms with Crippen LogP contribution in [0.3, 0.4) is 0 Å². The Bertz CT molecular complexity index is 381. The van der Waals surface area contributed by atoms with E-state index < -0.39 is 12.2 Å². The van der Waals surface area contributed by atoms with Crippen molar-refractivity contribution in [3.63, 3.8) is 0 Å². The van der Waals surface area contributed by atoms with Crippen LogP contribution in [0.25, 0.3) is 0 Å². The molecule has 17 heavy (non-hydrogen) atoms. The van der Waals surface area contributed by atoms with Crippen LogP contribution < -0.4 is 5.73 Å². The second-order valence-electron chi connectivity index (χ2n) is 3.75. The van der Waals surface area contributed by atoms with Crippen molar-refractivity contribution in [3.8, 4) is 0 Å². The van der Waals surface area contributed by atoms with Gasteiger partial charge in [-0.1, -0.05) is 24.3 Å². The molecule has 0 saturated carbocycles. The predicted molar refractivity (Wildman–Crippen MR) is 62.2 cm³/mol. The minimum absolute atomic E-state index is 0.0254. The molecule has 0 aromatic heterocycles. The summed E-state index contributed by atoms with van der Waals surface area (Å²) < 4.78 is 4.55. The van der Waals surface area contributed by atoms with Crippen molar-refractivity contribution in [2.24, 2.45) is 5.73 Å². The van der Waals surface area contributed by atoms with E-state index in [-0.39, 0.29) is 18.9 Å². The quantitative estimate of drug-likeness (QED) is 0.616. The fraction of sp³-hybridized carbons (Fsp3) is 0.417. The molecule has 4 N–H and O–H groups in total. The Labute approximate surface area is 99.8 Å². The average molecular weight is 239 g/mol. The van der Waals surface area contributed by atoms with Crippen molar-refractivity contribution in [1.29, 1.82) is 0 Å². The lowest BCUT2D eigenvalue weighted by Gasteiger charge is -2.16. The molecule has 0 radical (unpaired) electrons. The van der Waals surface area contributed by atoms with Crippen LogP contribution in [-0.2, 0) is 16.0 Å². The minimum atomic E-state index is -1.04. The van der Waals surface area contributed by atoms with E-state index in [1.807, 2.05) is 0 Å². The van der Waals surface area contributed by atoms with Crippen LogP contribution in [0, 0.1) is 0 Å². The van der Waals surface area contributed by atoms with Gasteiger partial charge < -0.3 is 20.7 Å².